The van der Waals surface area contributed by atoms with Gasteiger partial charge in [-0.3, -0.25) is 0 Å². The van der Waals surface area contributed by atoms with E-state index in [0.717, 1.165) is 11.6 Å². The van der Waals surface area contributed by atoms with Crippen LogP contribution < -0.4 is 15.6 Å². The summed E-state index contributed by atoms with van der Waals surface area (Å²) in [5, 5.41) is 16.4. The summed E-state index contributed by atoms with van der Waals surface area (Å²) in [6.45, 7) is 10.7. The van der Waals surface area contributed by atoms with Gasteiger partial charge in [0, 0.05) is 0 Å². The Morgan fingerprint density at radius 3 is 1.50 bits per heavy atom. The smallest absolute Gasteiger partial charge is 0.177 e. The summed E-state index contributed by atoms with van der Waals surface area (Å²) in [5.41, 5.74) is 0.286. The van der Waals surface area contributed by atoms with Gasteiger partial charge in [0.1, 0.15) is 0 Å². The van der Waals surface area contributed by atoms with Crippen LogP contribution in [0.3, 0.4) is 0 Å². The van der Waals surface area contributed by atoms with Crippen LogP contribution in [0.25, 0.3) is 0 Å². The van der Waals surface area contributed by atoms with Gasteiger partial charge in [-0.05, 0) is 54.4 Å². The maximum absolute atomic E-state index is 11.7. The summed E-state index contributed by atoms with van der Waals surface area (Å²) < 4.78 is 0. The maximum atomic E-state index is 11.7. The molecule has 30 heavy (non-hydrogen) atoms. The molecule has 0 amide bonds. The summed E-state index contributed by atoms with van der Waals surface area (Å²) in [7, 11) is -2.70. The molecule has 0 heterocycles. The molecule has 0 bridgehead atoms. The van der Waals surface area contributed by atoms with E-state index in [1.165, 1.54) is 21.1 Å². The topological polar surface area (TPSA) is 20.2 Å². The zero-order valence-electron chi connectivity index (χ0n) is 18.3. The van der Waals surface area contributed by atoms with Crippen molar-refractivity contribution in [3.8, 4) is 0 Å². The molecule has 154 valence electrons. The van der Waals surface area contributed by atoms with E-state index in [4.69, 9.17) is 0 Å². The van der Waals surface area contributed by atoms with E-state index in [9.17, 15) is 5.11 Å². The van der Waals surface area contributed by atoms with Crippen LogP contribution in [-0.2, 0) is 0 Å². The molecule has 0 radical (unpaired) electrons. The number of aliphatic hydroxyl groups is 1. The van der Waals surface area contributed by atoms with E-state index in [-0.39, 0.29) is 0 Å². The van der Waals surface area contributed by atoms with Gasteiger partial charge in [0.15, 0.2) is 8.07 Å². The van der Waals surface area contributed by atoms with E-state index in [1.807, 2.05) is 25.1 Å². The molecule has 3 aromatic rings. The fraction of sp³-hybridized carbons (Fsp3) is 0.214. The zero-order chi connectivity index (χ0) is 21.6. The second-order valence-electron chi connectivity index (χ2n) is 8.42. The van der Waals surface area contributed by atoms with Gasteiger partial charge in [-0.1, -0.05) is 109 Å². The monoisotopic (exact) mass is 412 g/mol. The Balaban J connectivity index is 2.26. The first-order chi connectivity index (χ1) is 14.4. The first kappa shape index (κ1) is 22.0. The molecule has 0 aliphatic carbocycles. The van der Waals surface area contributed by atoms with Crippen LogP contribution in [0.5, 0.6) is 0 Å². The molecule has 1 nitrogen and oxygen atoms in total. The van der Waals surface area contributed by atoms with E-state index in [1.54, 1.807) is 0 Å². The van der Waals surface area contributed by atoms with E-state index >= 15 is 0 Å². The highest BCUT2D eigenvalue weighted by Crippen LogP contribution is 2.29. The zero-order valence-corrected chi connectivity index (χ0v) is 19.3. The lowest BCUT2D eigenvalue weighted by Crippen LogP contribution is -2.71. The fourth-order valence-corrected chi connectivity index (χ4v) is 9.34. The Hall–Kier alpha value is -2.68. The molecule has 0 fully saturated rings. The minimum absolute atomic E-state index is 0.651. The molecule has 0 saturated carbocycles. The number of hydrogen-bond donors (Lipinski definition) is 1. The summed E-state index contributed by atoms with van der Waals surface area (Å²) in [5.74, 6) is 0. The van der Waals surface area contributed by atoms with E-state index < -0.39 is 13.7 Å². The molecule has 0 aromatic heterocycles. The third kappa shape index (κ3) is 4.40. The van der Waals surface area contributed by atoms with Gasteiger partial charge in [0.2, 0.25) is 0 Å². The lowest BCUT2D eigenvalue weighted by atomic mass is 9.99. The van der Waals surface area contributed by atoms with Crippen molar-refractivity contribution in [1.82, 2.24) is 0 Å². The Morgan fingerprint density at radius 1 is 0.800 bits per heavy atom. The van der Waals surface area contributed by atoms with Crippen molar-refractivity contribution in [2.24, 2.45) is 0 Å². The van der Waals surface area contributed by atoms with Gasteiger partial charge in [-0.25, -0.2) is 0 Å². The van der Waals surface area contributed by atoms with Gasteiger partial charge in [-0.2, -0.15) is 0 Å². The van der Waals surface area contributed by atoms with Crippen LogP contribution >= 0.6 is 0 Å². The van der Waals surface area contributed by atoms with Gasteiger partial charge < -0.3 is 5.11 Å². The second-order valence-corrected chi connectivity index (χ2v) is 12.3. The molecule has 3 aromatic carbocycles. The van der Waals surface area contributed by atoms with Crippen LogP contribution in [0.1, 0.15) is 33.6 Å². The Bertz CT molecular complexity index is 888. The third-order valence-corrected chi connectivity index (χ3v) is 10.9. The highest BCUT2D eigenvalue weighted by atomic mass is 28.3. The molecule has 0 aliphatic heterocycles. The van der Waals surface area contributed by atoms with Crippen LogP contribution in [0, 0.1) is 0 Å². The first-order valence-electron chi connectivity index (χ1n) is 10.6. The Labute approximate surface area is 182 Å². The van der Waals surface area contributed by atoms with Crippen molar-refractivity contribution in [2.75, 3.05) is 0 Å². The van der Waals surface area contributed by atoms with Crippen molar-refractivity contribution < 1.29 is 5.11 Å². The molecule has 3 rings (SSSR count). The maximum Gasteiger partial charge on any atom is 0.177 e. The van der Waals surface area contributed by atoms with Crippen molar-refractivity contribution in [3.63, 3.8) is 0 Å². The molecule has 0 spiro atoms. The normalized spacial score (nSPS) is 13.3. The third-order valence-electron chi connectivity index (χ3n) is 5.91. The molecule has 1 atom stereocenters. The average molecular weight is 413 g/mol. The lowest BCUT2D eigenvalue weighted by molar-refractivity contribution is 0.0974. The summed E-state index contributed by atoms with van der Waals surface area (Å²) in [6.07, 6.45) is 3.67. The number of benzene rings is 3. The molecule has 1 N–H and O–H groups in total. The van der Waals surface area contributed by atoms with Crippen LogP contribution in [0.4, 0.5) is 0 Å². The average Bonchev–Trinajstić information content (AvgIpc) is 2.76. The minimum Gasteiger partial charge on any atom is -0.386 e. The van der Waals surface area contributed by atoms with Crippen molar-refractivity contribution in [2.45, 2.75) is 39.2 Å². The lowest BCUT2D eigenvalue weighted by Gasteiger charge is -2.42. The minimum atomic E-state index is -2.70. The van der Waals surface area contributed by atoms with Gasteiger partial charge in [0.05, 0.1) is 5.60 Å². The molecular weight excluding hydrogens is 380 g/mol. The van der Waals surface area contributed by atoms with Crippen molar-refractivity contribution in [1.29, 1.82) is 0 Å². The Morgan fingerprint density at radius 2 is 1.17 bits per heavy atom. The van der Waals surface area contributed by atoms with Crippen LogP contribution in [-0.4, -0.2) is 18.8 Å². The highest BCUT2D eigenvalue weighted by Gasteiger charge is 2.47. The molecule has 0 saturated heterocycles. The van der Waals surface area contributed by atoms with Crippen molar-refractivity contribution in [3.05, 3.63) is 114 Å². The predicted octanol–water partition coefficient (Wildman–Crippen LogP) is 4.75. The van der Waals surface area contributed by atoms with Gasteiger partial charge >= 0.3 is 0 Å². The van der Waals surface area contributed by atoms with Gasteiger partial charge in [-0.15, -0.1) is 0 Å². The standard InChI is InChI=1S/C28H32OSi/c1-23(2)15-14-22-28(4,29)24(3)30(25-16-8-5-9-17-25,26-18-10-6-11-19-26)27-20-12-7-13-21-27/h5-13,15-21,29H,3,14,22H2,1-2,4H3. The quantitative estimate of drug-likeness (QED) is 0.322. The SMILES string of the molecule is C=C(C(C)(O)CCC=C(C)C)[Si](c1ccccc1)(c1ccccc1)c1ccccc1. The summed E-state index contributed by atoms with van der Waals surface area (Å²) >= 11 is 0. The Kier molecular flexibility index (Phi) is 6.91. The van der Waals surface area contributed by atoms with E-state index in [2.05, 4.69) is 99.3 Å². The molecule has 0 aliphatic rings. The molecular formula is C28H32OSi. The first-order valence-corrected chi connectivity index (χ1v) is 12.6. The van der Waals surface area contributed by atoms with Gasteiger partial charge in [0.25, 0.3) is 0 Å². The van der Waals surface area contributed by atoms with Crippen LogP contribution in [0.2, 0.25) is 0 Å². The van der Waals surface area contributed by atoms with Crippen molar-refractivity contribution >= 4 is 23.6 Å². The number of allylic oxidation sites excluding steroid dienone is 2. The highest BCUT2D eigenvalue weighted by molar-refractivity contribution is 7.16. The number of rotatable bonds is 8. The molecule has 1 unspecified atom stereocenters. The summed E-state index contributed by atoms with van der Waals surface area (Å²) in [4.78, 5) is 0. The largest absolute Gasteiger partial charge is 0.386 e. The van der Waals surface area contributed by atoms with E-state index in [0.29, 0.717) is 6.42 Å². The van der Waals surface area contributed by atoms with Crippen LogP contribution in [0.15, 0.2) is 114 Å². The molecule has 2 heteroatoms. The summed E-state index contributed by atoms with van der Waals surface area (Å²) in [6, 6.07) is 31.9. The fourth-order valence-electron chi connectivity index (χ4n) is 4.28. The number of hydrogen-bond acceptors (Lipinski definition) is 1. The second kappa shape index (κ2) is 9.42. The predicted molar refractivity (Wildman–Crippen MR) is 132 cm³/mol.